The lowest BCUT2D eigenvalue weighted by atomic mass is 10.1. The number of nitro benzene ring substituents is 1. The van der Waals surface area contributed by atoms with Crippen molar-refractivity contribution in [2.45, 2.75) is 17.1 Å². The number of halogens is 4. The molecular weight excluding hydrogens is 423 g/mol. The number of sulfonamides is 1. The Balaban J connectivity index is 0.00000392. The topological polar surface area (TPSA) is 107 Å². The van der Waals surface area contributed by atoms with E-state index in [0.29, 0.717) is 5.56 Å². The molecule has 0 aliphatic carbocycles. The third-order valence-electron chi connectivity index (χ3n) is 3.88. The Labute approximate surface area is 165 Å². The van der Waals surface area contributed by atoms with Crippen LogP contribution in [-0.4, -0.2) is 31.2 Å². The Morgan fingerprint density at radius 1 is 1.11 bits per heavy atom. The number of nitrogens with zero attached hydrogens (tertiary/aromatic N) is 2. The monoisotopic (exact) mass is 439 g/mol. The molecule has 7 nitrogen and oxygen atoms in total. The van der Waals surface area contributed by atoms with Gasteiger partial charge in [0.15, 0.2) is 0 Å². The molecule has 0 radical (unpaired) electrons. The highest BCUT2D eigenvalue weighted by atomic mass is 35.5. The molecular formula is C16H17ClF3N3O4S. The molecule has 0 saturated carbocycles. The van der Waals surface area contributed by atoms with E-state index in [9.17, 15) is 31.7 Å². The van der Waals surface area contributed by atoms with Crippen LogP contribution in [0.2, 0.25) is 0 Å². The molecule has 2 aromatic rings. The van der Waals surface area contributed by atoms with Gasteiger partial charge in [0.2, 0.25) is 10.0 Å². The van der Waals surface area contributed by atoms with Gasteiger partial charge < -0.3 is 5.73 Å². The Kier molecular flexibility index (Phi) is 7.54. The van der Waals surface area contributed by atoms with Gasteiger partial charge in [-0.2, -0.15) is 17.5 Å². The fraction of sp³-hybridized carbons (Fsp3) is 0.250. The minimum atomic E-state index is -4.47. The van der Waals surface area contributed by atoms with Gasteiger partial charge in [-0.1, -0.05) is 12.1 Å². The SMILES string of the molecule is CN(C[C@@H](N)c1ccc(C(F)(F)F)cc1)S(=O)(=O)c1ccc([N+](=O)[O-])cc1.Cl. The van der Waals surface area contributed by atoms with Crippen molar-refractivity contribution >= 4 is 28.1 Å². The largest absolute Gasteiger partial charge is 0.416 e. The van der Waals surface area contributed by atoms with Gasteiger partial charge in [0, 0.05) is 31.8 Å². The van der Waals surface area contributed by atoms with Crippen LogP contribution in [0.1, 0.15) is 17.2 Å². The van der Waals surface area contributed by atoms with Crippen LogP contribution in [0.15, 0.2) is 53.4 Å². The smallest absolute Gasteiger partial charge is 0.323 e. The summed E-state index contributed by atoms with van der Waals surface area (Å²) in [5.41, 5.74) is 5.18. The van der Waals surface area contributed by atoms with Crippen molar-refractivity contribution in [1.29, 1.82) is 0 Å². The van der Waals surface area contributed by atoms with Gasteiger partial charge in [-0.15, -0.1) is 12.4 Å². The number of alkyl halides is 3. The first-order valence-electron chi connectivity index (χ1n) is 7.56. The van der Waals surface area contributed by atoms with E-state index in [4.69, 9.17) is 5.73 Å². The molecule has 28 heavy (non-hydrogen) atoms. The van der Waals surface area contributed by atoms with Crippen LogP contribution >= 0.6 is 12.4 Å². The number of hydrogen-bond donors (Lipinski definition) is 1. The van der Waals surface area contributed by atoms with E-state index in [0.717, 1.165) is 40.7 Å². The van der Waals surface area contributed by atoms with Crippen LogP contribution in [0.3, 0.4) is 0 Å². The molecule has 2 aromatic carbocycles. The second kappa shape index (κ2) is 8.86. The fourth-order valence-electron chi connectivity index (χ4n) is 2.32. The van der Waals surface area contributed by atoms with Crippen molar-refractivity contribution in [3.8, 4) is 0 Å². The first-order valence-corrected chi connectivity index (χ1v) is 9.00. The van der Waals surface area contributed by atoms with E-state index in [2.05, 4.69) is 0 Å². The lowest BCUT2D eigenvalue weighted by molar-refractivity contribution is -0.384. The summed E-state index contributed by atoms with van der Waals surface area (Å²) >= 11 is 0. The van der Waals surface area contributed by atoms with Gasteiger partial charge in [-0.3, -0.25) is 10.1 Å². The molecule has 154 valence electrons. The zero-order valence-corrected chi connectivity index (χ0v) is 16.1. The Morgan fingerprint density at radius 2 is 1.61 bits per heavy atom. The van der Waals surface area contributed by atoms with Gasteiger partial charge in [0.25, 0.3) is 5.69 Å². The maximum atomic E-state index is 12.6. The van der Waals surface area contributed by atoms with Crippen LogP contribution in [0, 0.1) is 10.1 Å². The molecule has 0 bridgehead atoms. The van der Waals surface area contributed by atoms with Gasteiger partial charge in [0.05, 0.1) is 15.4 Å². The number of rotatable bonds is 6. The molecule has 2 N–H and O–H groups in total. The molecule has 12 heteroatoms. The molecule has 0 heterocycles. The minimum Gasteiger partial charge on any atom is -0.323 e. The van der Waals surface area contributed by atoms with E-state index < -0.39 is 32.7 Å². The van der Waals surface area contributed by atoms with Crippen LogP contribution in [0.25, 0.3) is 0 Å². The van der Waals surface area contributed by atoms with E-state index in [1.807, 2.05) is 0 Å². The van der Waals surface area contributed by atoms with Gasteiger partial charge in [0.1, 0.15) is 0 Å². The first kappa shape index (κ1) is 23.8. The highest BCUT2D eigenvalue weighted by Crippen LogP contribution is 2.30. The maximum Gasteiger partial charge on any atom is 0.416 e. The summed E-state index contributed by atoms with van der Waals surface area (Å²) < 4.78 is 63.8. The summed E-state index contributed by atoms with van der Waals surface area (Å²) in [5.74, 6) is 0. The molecule has 0 aliphatic heterocycles. The van der Waals surface area contributed by atoms with Crippen LogP contribution in [0.4, 0.5) is 18.9 Å². The predicted octanol–water partition coefficient (Wildman–Crippen LogP) is 3.36. The van der Waals surface area contributed by atoms with Crippen LogP contribution in [0.5, 0.6) is 0 Å². The standard InChI is InChI=1S/C16H16F3N3O4S.ClH/c1-21(27(25,26)14-8-6-13(7-9-14)22(23)24)10-15(20)11-2-4-12(5-3-11)16(17,18)19;/h2-9,15H,10,20H2,1H3;1H/t15-;/m1./s1. The van der Waals surface area contributed by atoms with E-state index in [1.165, 1.54) is 19.2 Å². The fourth-order valence-corrected chi connectivity index (χ4v) is 3.52. The molecule has 0 amide bonds. The number of likely N-dealkylation sites (N-methyl/N-ethyl adjacent to an activating group) is 1. The van der Waals surface area contributed by atoms with E-state index >= 15 is 0 Å². The molecule has 0 spiro atoms. The number of benzene rings is 2. The van der Waals surface area contributed by atoms with Gasteiger partial charge in [-0.25, -0.2) is 8.42 Å². The summed E-state index contributed by atoms with van der Waals surface area (Å²) in [7, 11) is -2.70. The van der Waals surface area contributed by atoms with Crippen molar-refractivity contribution in [3.63, 3.8) is 0 Å². The normalized spacial score (nSPS) is 13.1. The molecule has 0 unspecified atom stereocenters. The number of hydrogen-bond acceptors (Lipinski definition) is 5. The summed E-state index contributed by atoms with van der Waals surface area (Å²) in [4.78, 5) is 9.83. The highest BCUT2D eigenvalue weighted by Gasteiger charge is 2.30. The molecule has 0 fully saturated rings. The zero-order chi connectivity index (χ0) is 20.4. The van der Waals surface area contributed by atoms with Gasteiger partial charge >= 0.3 is 6.18 Å². The third kappa shape index (κ3) is 5.41. The molecule has 0 saturated heterocycles. The zero-order valence-electron chi connectivity index (χ0n) is 14.5. The quantitative estimate of drug-likeness (QED) is 0.548. The Hall–Kier alpha value is -2.21. The van der Waals surface area contributed by atoms with E-state index in [1.54, 1.807) is 0 Å². The second-order valence-corrected chi connectivity index (χ2v) is 7.81. The van der Waals surface area contributed by atoms with Crippen molar-refractivity contribution < 1.29 is 26.5 Å². The van der Waals surface area contributed by atoms with E-state index in [-0.39, 0.29) is 29.5 Å². The molecule has 0 aliphatic rings. The third-order valence-corrected chi connectivity index (χ3v) is 5.71. The molecule has 0 aromatic heterocycles. The average molecular weight is 440 g/mol. The van der Waals surface area contributed by atoms with Crippen molar-refractivity contribution in [2.75, 3.05) is 13.6 Å². The van der Waals surface area contributed by atoms with Crippen molar-refractivity contribution in [2.24, 2.45) is 5.73 Å². The Morgan fingerprint density at radius 3 is 2.04 bits per heavy atom. The number of non-ortho nitro benzene ring substituents is 1. The average Bonchev–Trinajstić information content (AvgIpc) is 2.61. The van der Waals surface area contributed by atoms with Crippen molar-refractivity contribution in [3.05, 3.63) is 69.8 Å². The van der Waals surface area contributed by atoms with Crippen LogP contribution in [-0.2, 0) is 16.2 Å². The lowest BCUT2D eigenvalue weighted by Crippen LogP contribution is -2.34. The molecule has 2 rings (SSSR count). The van der Waals surface area contributed by atoms with Crippen molar-refractivity contribution in [1.82, 2.24) is 4.31 Å². The van der Waals surface area contributed by atoms with Gasteiger partial charge in [-0.05, 0) is 29.8 Å². The second-order valence-electron chi connectivity index (χ2n) is 5.76. The van der Waals surface area contributed by atoms with Crippen LogP contribution < -0.4 is 5.73 Å². The minimum absolute atomic E-state index is 0. The first-order chi connectivity index (χ1) is 12.4. The number of nitro groups is 1. The highest BCUT2D eigenvalue weighted by molar-refractivity contribution is 7.89. The summed E-state index contributed by atoms with van der Waals surface area (Å²) in [6.45, 7) is -0.190. The Bertz CT molecular complexity index is 920. The predicted molar refractivity (Wildman–Crippen MR) is 98.5 cm³/mol. The number of nitrogens with two attached hydrogens (primary N) is 1. The summed E-state index contributed by atoms with van der Waals surface area (Å²) in [6.07, 6.45) is -4.47. The summed E-state index contributed by atoms with van der Waals surface area (Å²) in [5, 5.41) is 10.6. The molecule has 1 atom stereocenters. The summed E-state index contributed by atoms with van der Waals surface area (Å²) in [6, 6.07) is 7.62. The maximum absolute atomic E-state index is 12.6. The lowest BCUT2D eigenvalue weighted by Gasteiger charge is -2.22.